The molecule has 1 aromatic carbocycles. The number of halogens is 1. The molecule has 116 valence electrons. The van der Waals surface area contributed by atoms with Gasteiger partial charge in [0.15, 0.2) is 0 Å². The normalized spacial score (nSPS) is 11.7. The lowest BCUT2D eigenvalue weighted by Gasteiger charge is -2.08. The number of hydrogen-bond acceptors (Lipinski definition) is 4. The zero-order valence-electron chi connectivity index (χ0n) is 11.6. The van der Waals surface area contributed by atoms with Gasteiger partial charge in [0, 0.05) is 11.8 Å². The molecule has 0 saturated carbocycles. The number of hydrogen-bond donors (Lipinski definition) is 1. The van der Waals surface area contributed by atoms with Crippen LogP contribution in [0.15, 0.2) is 28.7 Å². The van der Waals surface area contributed by atoms with Gasteiger partial charge in [0.2, 0.25) is 0 Å². The van der Waals surface area contributed by atoms with Crippen molar-refractivity contribution in [2.24, 2.45) is 0 Å². The van der Waals surface area contributed by atoms with Crippen LogP contribution in [0.4, 0.5) is 0 Å². The molecule has 0 aliphatic heterocycles. The molecule has 0 radical (unpaired) electrons. The highest BCUT2D eigenvalue weighted by Gasteiger charge is 2.07. The van der Waals surface area contributed by atoms with E-state index in [0.29, 0.717) is 23.2 Å². The maximum Gasteiger partial charge on any atom is 0.328 e. The number of carboxylic acid groups (broad SMARTS) is 1. The average Bonchev–Trinajstić information content (AvgIpc) is 2.43. The molecule has 0 fully saturated rings. The third-order valence-corrected chi connectivity index (χ3v) is 5.08. The number of aliphatic carboxylic acids is 1. The third-order valence-electron chi connectivity index (χ3n) is 2.67. The number of benzene rings is 1. The van der Waals surface area contributed by atoms with Gasteiger partial charge in [-0.1, -0.05) is 13.0 Å². The van der Waals surface area contributed by atoms with Crippen LogP contribution < -0.4 is 4.74 Å². The molecular weight excluding hydrogens is 360 g/mol. The number of sulfone groups is 1. The molecule has 0 amide bonds. The summed E-state index contributed by atoms with van der Waals surface area (Å²) < 4.78 is 28.9. The minimum Gasteiger partial charge on any atom is -0.492 e. The monoisotopic (exact) mass is 376 g/mol. The fourth-order valence-electron chi connectivity index (χ4n) is 1.51. The molecule has 0 spiro atoms. The Bertz CT molecular complexity index is 622. The standard InChI is InChI=1S/C14H17BrO5S/c1-2-21(18,19)9-3-8-20-13-6-4-11(10-12(13)15)5-7-14(16)17/h4-7,10H,2-3,8-9H2,1H3,(H,16,17). The minimum absolute atomic E-state index is 0.112. The Morgan fingerprint density at radius 1 is 1.43 bits per heavy atom. The van der Waals surface area contributed by atoms with Gasteiger partial charge in [-0.25, -0.2) is 13.2 Å². The lowest BCUT2D eigenvalue weighted by molar-refractivity contribution is -0.131. The Hall–Kier alpha value is -1.34. The molecule has 0 saturated heterocycles. The zero-order valence-corrected chi connectivity index (χ0v) is 14.0. The molecule has 7 heteroatoms. The Morgan fingerprint density at radius 3 is 2.71 bits per heavy atom. The summed E-state index contributed by atoms with van der Waals surface area (Å²) in [5.74, 6) is -0.165. The van der Waals surface area contributed by atoms with Crippen LogP contribution in [0.25, 0.3) is 6.08 Å². The summed E-state index contributed by atoms with van der Waals surface area (Å²) >= 11 is 3.33. The topological polar surface area (TPSA) is 80.7 Å². The van der Waals surface area contributed by atoms with E-state index in [-0.39, 0.29) is 11.5 Å². The third kappa shape index (κ3) is 6.77. The van der Waals surface area contributed by atoms with Crippen molar-refractivity contribution >= 4 is 37.8 Å². The van der Waals surface area contributed by atoms with Gasteiger partial charge in [0.05, 0.1) is 16.8 Å². The van der Waals surface area contributed by atoms with Crippen molar-refractivity contribution in [3.8, 4) is 5.75 Å². The van der Waals surface area contributed by atoms with Crippen LogP contribution in [0.5, 0.6) is 5.75 Å². The van der Waals surface area contributed by atoms with Crippen molar-refractivity contribution in [2.45, 2.75) is 13.3 Å². The van der Waals surface area contributed by atoms with Gasteiger partial charge >= 0.3 is 5.97 Å². The van der Waals surface area contributed by atoms with E-state index >= 15 is 0 Å². The second-order valence-corrected chi connectivity index (χ2v) is 7.63. The van der Waals surface area contributed by atoms with Crippen molar-refractivity contribution < 1.29 is 23.1 Å². The van der Waals surface area contributed by atoms with Crippen LogP contribution >= 0.6 is 15.9 Å². The van der Waals surface area contributed by atoms with Crippen molar-refractivity contribution in [3.63, 3.8) is 0 Å². The van der Waals surface area contributed by atoms with Crippen LogP contribution in [0.3, 0.4) is 0 Å². The Kier molecular flexibility index (Phi) is 6.91. The fourth-order valence-corrected chi connectivity index (χ4v) is 2.87. The molecule has 0 atom stereocenters. The van der Waals surface area contributed by atoms with Gasteiger partial charge < -0.3 is 9.84 Å². The number of carbonyl (C=O) groups is 1. The molecule has 0 aliphatic carbocycles. The van der Waals surface area contributed by atoms with Gasteiger partial charge in [-0.05, 0) is 46.1 Å². The molecule has 1 N–H and O–H groups in total. The van der Waals surface area contributed by atoms with Gasteiger partial charge in [-0.2, -0.15) is 0 Å². The van der Waals surface area contributed by atoms with Crippen molar-refractivity contribution in [3.05, 3.63) is 34.3 Å². The predicted molar refractivity (Wildman–Crippen MR) is 85.3 cm³/mol. The Balaban J connectivity index is 2.55. The molecule has 0 unspecified atom stereocenters. The van der Waals surface area contributed by atoms with Crippen LogP contribution in [-0.4, -0.2) is 37.6 Å². The van der Waals surface area contributed by atoms with Gasteiger partial charge in [-0.15, -0.1) is 0 Å². The number of ether oxygens (including phenoxy) is 1. The van der Waals surface area contributed by atoms with E-state index < -0.39 is 15.8 Å². The summed E-state index contributed by atoms with van der Waals surface area (Å²) in [6, 6.07) is 5.17. The molecular formula is C14H17BrO5S. The second-order valence-electron chi connectivity index (χ2n) is 4.30. The Labute approximate surface area is 132 Å². The van der Waals surface area contributed by atoms with Crippen molar-refractivity contribution in [1.29, 1.82) is 0 Å². The highest BCUT2D eigenvalue weighted by molar-refractivity contribution is 9.10. The second kappa shape index (κ2) is 8.19. The van der Waals surface area contributed by atoms with E-state index in [2.05, 4.69) is 15.9 Å². The first-order valence-electron chi connectivity index (χ1n) is 6.38. The van der Waals surface area contributed by atoms with E-state index in [9.17, 15) is 13.2 Å². The molecule has 21 heavy (non-hydrogen) atoms. The van der Waals surface area contributed by atoms with E-state index in [0.717, 1.165) is 11.6 Å². The molecule has 0 bridgehead atoms. The zero-order chi connectivity index (χ0) is 15.9. The Morgan fingerprint density at radius 2 is 2.14 bits per heavy atom. The minimum atomic E-state index is -2.96. The molecule has 5 nitrogen and oxygen atoms in total. The lowest BCUT2D eigenvalue weighted by atomic mass is 10.2. The van der Waals surface area contributed by atoms with Crippen LogP contribution in [-0.2, 0) is 14.6 Å². The van der Waals surface area contributed by atoms with Crippen molar-refractivity contribution in [2.75, 3.05) is 18.1 Å². The SMILES string of the molecule is CCS(=O)(=O)CCCOc1ccc(C=CC(=O)O)cc1Br. The maximum absolute atomic E-state index is 11.3. The summed E-state index contributed by atoms with van der Waals surface area (Å²) in [7, 11) is -2.96. The van der Waals surface area contributed by atoms with Gasteiger partial charge in [0.1, 0.15) is 15.6 Å². The fraction of sp³-hybridized carbons (Fsp3) is 0.357. The van der Waals surface area contributed by atoms with Crippen molar-refractivity contribution in [1.82, 2.24) is 0 Å². The molecule has 0 aromatic heterocycles. The molecule has 0 heterocycles. The van der Waals surface area contributed by atoms with Gasteiger partial charge in [0.25, 0.3) is 0 Å². The maximum atomic E-state index is 11.3. The number of rotatable bonds is 8. The highest BCUT2D eigenvalue weighted by Crippen LogP contribution is 2.26. The van der Waals surface area contributed by atoms with E-state index in [1.165, 1.54) is 6.08 Å². The average molecular weight is 377 g/mol. The largest absolute Gasteiger partial charge is 0.492 e. The lowest BCUT2D eigenvalue weighted by Crippen LogP contribution is -2.11. The van der Waals surface area contributed by atoms with Crippen LogP contribution in [0.2, 0.25) is 0 Å². The summed E-state index contributed by atoms with van der Waals surface area (Å²) in [6.45, 7) is 1.93. The number of carboxylic acids is 1. The molecule has 1 rings (SSSR count). The molecule has 1 aromatic rings. The highest BCUT2D eigenvalue weighted by atomic mass is 79.9. The van der Waals surface area contributed by atoms with E-state index in [4.69, 9.17) is 9.84 Å². The first-order chi connectivity index (χ1) is 9.84. The summed E-state index contributed by atoms with van der Waals surface area (Å²) in [5.41, 5.74) is 0.727. The molecule has 0 aliphatic rings. The predicted octanol–water partition coefficient (Wildman–Crippen LogP) is 2.75. The van der Waals surface area contributed by atoms with E-state index in [1.54, 1.807) is 25.1 Å². The summed E-state index contributed by atoms with van der Waals surface area (Å²) in [6.07, 6.45) is 2.96. The quantitative estimate of drug-likeness (QED) is 0.557. The smallest absolute Gasteiger partial charge is 0.328 e. The van der Waals surface area contributed by atoms with Gasteiger partial charge in [-0.3, -0.25) is 0 Å². The first-order valence-corrected chi connectivity index (χ1v) is 8.99. The summed E-state index contributed by atoms with van der Waals surface area (Å²) in [4.78, 5) is 10.4. The first kappa shape index (κ1) is 17.7. The van der Waals surface area contributed by atoms with E-state index in [1.807, 2.05) is 0 Å². The summed E-state index contributed by atoms with van der Waals surface area (Å²) in [5, 5.41) is 8.56. The van der Waals surface area contributed by atoms with Crippen LogP contribution in [0, 0.1) is 0 Å². The van der Waals surface area contributed by atoms with Crippen LogP contribution in [0.1, 0.15) is 18.9 Å².